The Hall–Kier alpha value is -1.29. The third kappa shape index (κ3) is 3.40. The summed E-state index contributed by atoms with van der Waals surface area (Å²) in [4.78, 5) is 10.9. The lowest BCUT2D eigenvalue weighted by molar-refractivity contribution is -0.134. The molecule has 0 amide bonds. The first-order valence-electron chi connectivity index (χ1n) is 4.27. The summed E-state index contributed by atoms with van der Waals surface area (Å²) < 4.78 is 10.5. The molecule has 0 atom stereocenters. The van der Waals surface area contributed by atoms with E-state index in [4.69, 9.17) is 4.74 Å². The molecule has 0 aliphatic rings. The van der Waals surface area contributed by atoms with E-state index in [1.807, 2.05) is 18.2 Å². The van der Waals surface area contributed by atoms with E-state index in [1.165, 1.54) is 13.2 Å². The zero-order valence-corrected chi connectivity index (χ0v) is 10.1. The van der Waals surface area contributed by atoms with Gasteiger partial charge in [0.1, 0.15) is 5.75 Å². The van der Waals surface area contributed by atoms with Gasteiger partial charge >= 0.3 is 5.97 Å². The van der Waals surface area contributed by atoms with Crippen molar-refractivity contribution in [3.8, 4) is 5.75 Å². The Morgan fingerprint density at radius 2 is 2.13 bits per heavy atom. The van der Waals surface area contributed by atoms with E-state index in [9.17, 15) is 4.79 Å². The molecule has 80 valence electrons. The number of benzene rings is 1. The van der Waals surface area contributed by atoms with Crippen molar-refractivity contribution in [2.45, 2.75) is 0 Å². The molecule has 1 rings (SSSR count). The molecular formula is C11H11BrO3. The number of carbonyl (C=O) groups is 1. The summed E-state index contributed by atoms with van der Waals surface area (Å²) in [7, 11) is 2.93. The molecule has 0 fully saturated rings. The fourth-order valence-corrected chi connectivity index (χ4v) is 1.42. The van der Waals surface area contributed by atoms with E-state index >= 15 is 0 Å². The molecule has 15 heavy (non-hydrogen) atoms. The Morgan fingerprint density at radius 1 is 1.40 bits per heavy atom. The molecule has 0 aliphatic heterocycles. The third-order valence-electron chi connectivity index (χ3n) is 1.79. The van der Waals surface area contributed by atoms with Crippen LogP contribution in [0.1, 0.15) is 5.56 Å². The number of halogens is 1. The molecule has 0 saturated carbocycles. The van der Waals surface area contributed by atoms with Crippen LogP contribution in [0.5, 0.6) is 5.75 Å². The molecule has 0 aromatic heterocycles. The first-order chi connectivity index (χ1) is 7.17. The van der Waals surface area contributed by atoms with Gasteiger partial charge in [0.15, 0.2) is 0 Å². The van der Waals surface area contributed by atoms with Crippen molar-refractivity contribution in [1.29, 1.82) is 0 Å². The quantitative estimate of drug-likeness (QED) is 0.626. The van der Waals surface area contributed by atoms with E-state index in [2.05, 4.69) is 20.7 Å². The van der Waals surface area contributed by atoms with Gasteiger partial charge in [-0.25, -0.2) is 4.79 Å². The van der Waals surface area contributed by atoms with Gasteiger partial charge in [0.05, 0.1) is 18.7 Å². The number of ether oxygens (including phenoxy) is 2. The lowest BCUT2D eigenvalue weighted by Gasteiger charge is -2.03. The molecule has 0 bridgehead atoms. The Labute approximate surface area is 96.8 Å². The van der Waals surface area contributed by atoms with Crippen molar-refractivity contribution in [3.63, 3.8) is 0 Å². The van der Waals surface area contributed by atoms with Gasteiger partial charge in [0, 0.05) is 6.08 Å². The average Bonchev–Trinajstić information content (AvgIpc) is 2.27. The molecule has 0 spiro atoms. The smallest absolute Gasteiger partial charge is 0.330 e. The van der Waals surface area contributed by atoms with Crippen LogP contribution >= 0.6 is 15.9 Å². The van der Waals surface area contributed by atoms with E-state index in [0.717, 1.165) is 15.8 Å². The molecule has 0 N–H and O–H groups in total. The number of esters is 1. The number of carbonyl (C=O) groups excluding carboxylic acids is 1. The van der Waals surface area contributed by atoms with Gasteiger partial charge in [0.25, 0.3) is 0 Å². The summed E-state index contributed by atoms with van der Waals surface area (Å²) >= 11 is 3.34. The second-order valence-electron chi connectivity index (χ2n) is 2.75. The molecule has 4 heteroatoms. The normalized spacial score (nSPS) is 10.3. The van der Waals surface area contributed by atoms with E-state index in [0.29, 0.717) is 0 Å². The fourth-order valence-electron chi connectivity index (χ4n) is 1.01. The molecule has 0 saturated heterocycles. The number of rotatable bonds is 3. The summed E-state index contributed by atoms with van der Waals surface area (Å²) in [5, 5.41) is 0. The zero-order chi connectivity index (χ0) is 11.3. The lowest BCUT2D eigenvalue weighted by atomic mass is 10.2. The van der Waals surface area contributed by atoms with Crippen molar-refractivity contribution in [3.05, 3.63) is 34.3 Å². The second-order valence-corrected chi connectivity index (χ2v) is 3.60. The Kier molecular flexibility index (Phi) is 4.37. The Balaban J connectivity index is 2.87. The highest BCUT2D eigenvalue weighted by molar-refractivity contribution is 9.10. The van der Waals surface area contributed by atoms with Crippen LogP contribution in [-0.4, -0.2) is 20.2 Å². The molecule has 3 nitrogen and oxygen atoms in total. The highest BCUT2D eigenvalue weighted by Crippen LogP contribution is 2.25. The summed E-state index contributed by atoms with van der Waals surface area (Å²) in [6.45, 7) is 0. The van der Waals surface area contributed by atoms with Crippen LogP contribution in [0.4, 0.5) is 0 Å². The predicted molar refractivity (Wildman–Crippen MR) is 61.7 cm³/mol. The van der Waals surface area contributed by atoms with Gasteiger partial charge in [-0.2, -0.15) is 0 Å². The summed E-state index contributed by atoms with van der Waals surface area (Å²) in [6, 6.07) is 5.55. The van der Waals surface area contributed by atoms with Crippen LogP contribution in [0.15, 0.2) is 28.7 Å². The summed E-state index contributed by atoms with van der Waals surface area (Å²) in [5.74, 6) is 0.346. The zero-order valence-electron chi connectivity index (χ0n) is 8.49. The van der Waals surface area contributed by atoms with Crippen molar-refractivity contribution in [2.24, 2.45) is 0 Å². The molecule has 0 heterocycles. The largest absolute Gasteiger partial charge is 0.496 e. The van der Waals surface area contributed by atoms with Crippen LogP contribution < -0.4 is 4.74 Å². The molecule has 0 unspecified atom stereocenters. The second kappa shape index (κ2) is 5.56. The first kappa shape index (κ1) is 11.8. The minimum atomic E-state index is -0.378. The van der Waals surface area contributed by atoms with Crippen molar-refractivity contribution in [1.82, 2.24) is 0 Å². The van der Waals surface area contributed by atoms with Crippen LogP contribution in [0, 0.1) is 0 Å². The maximum Gasteiger partial charge on any atom is 0.330 e. The monoisotopic (exact) mass is 270 g/mol. The highest BCUT2D eigenvalue weighted by atomic mass is 79.9. The average molecular weight is 271 g/mol. The number of hydrogen-bond acceptors (Lipinski definition) is 3. The van der Waals surface area contributed by atoms with Crippen molar-refractivity contribution < 1.29 is 14.3 Å². The minimum absolute atomic E-state index is 0.378. The number of methoxy groups -OCH3 is 2. The van der Waals surface area contributed by atoms with Gasteiger partial charge in [-0.15, -0.1) is 0 Å². The maximum absolute atomic E-state index is 10.9. The van der Waals surface area contributed by atoms with Crippen LogP contribution in [0.2, 0.25) is 0 Å². The van der Waals surface area contributed by atoms with Crippen molar-refractivity contribution >= 4 is 28.0 Å². The highest BCUT2D eigenvalue weighted by Gasteiger charge is 1.99. The van der Waals surface area contributed by atoms with Gasteiger partial charge in [-0.3, -0.25) is 0 Å². The number of hydrogen-bond donors (Lipinski definition) is 0. The molecule has 0 aliphatic carbocycles. The molecule has 0 radical (unpaired) electrons. The van der Waals surface area contributed by atoms with Crippen molar-refractivity contribution in [2.75, 3.05) is 14.2 Å². The first-order valence-corrected chi connectivity index (χ1v) is 5.06. The van der Waals surface area contributed by atoms with Crippen LogP contribution in [-0.2, 0) is 9.53 Å². The maximum atomic E-state index is 10.9. The topological polar surface area (TPSA) is 35.5 Å². The summed E-state index contributed by atoms with van der Waals surface area (Å²) in [6.07, 6.45) is 3.03. The van der Waals surface area contributed by atoms with E-state index in [1.54, 1.807) is 13.2 Å². The molecule has 1 aromatic carbocycles. The van der Waals surface area contributed by atoms with E-state index in [-0.39, 0.29) is 5.97 Å². The SMILES string of the molecule is COC(=O)/C=C/c1ccc(Br)c(OC)c1. The van der Waals surface area contributed by atoms with Gasteiger partial charge < -0.3 is 9.47 Å². The molecular weight excluding hydrogens is 260 g/mol. The predicted octanol–water partition coefficient (Wildman–Crippen LogP) is 2.64. The Bertz CT molecular complexity index is 385. The van der Waals surface area contributed by atoms with Crippen LogP contribution in [0.3, 0.4) is 0 Å². The van der Waals surface area contributed by atoms with Gasteiger partial charge in [0.2, 0.25) is 0 Å². The van der Waals surface area contributed by atoms with E-state index < -0.39 is 0 Å². The Morgan fingerprint density at radius 3 is 2.73 bits per heavy atom. The minimum Gasteiger partial charge on any atom is -0.496 e. The van der Waals surface area contributed by atoms with Gasteiger partial charge in [-0.1, -0.05) is 6.07 Å². The van der Waals surface area contributed by atoms with Crippen LogP contribution in [0.25, 0.3) is 6.08 Å². The lowest BCUT2D eigenvalue weighted by Crippen LogP contribution is -1.93. The molecule has 1 aromatic rings. The standard InChI is InChI=1S/C11H11BrO3/c1-14-10-7-8(3-5-9(10)12)4-6-11(13)15-2/h3-7H,1-2H3/b6-4+. The fraction of sp³-hybridized carbons (Fsp3) is 0.182. The summed E-state index contributed by atoms with van der Waals surface area (Å²) in [5.41, 5.74) is 0.875. The third-order valence-corrected chi connectivity index (χ3v) is 2.44. The van der Waals surface area contributed by atoms with Gasteiger partial charge in [-0.05, 0) is 39.7 Å².